The van der Waals surface area contributed by atoms with Crippen molar-refractivity contribution < 1.29 is 23.9 Å². The summed E-state index contributed by atoms with van der Waals surface area (Å²) in [6.45, 7) is 4.07. The number of benzene rings is 1. The van der Waals surface area contributed by atoms with Crippen molar-refractivity contribution >= 4 is 17.8 Å². The Labute approximate surface area is 207 Å². The van der Waals surface area contributed by atoms with Crippen LogP contribution in [0.1, 0.15) is 44.1 Å². The van der Waals surface area contributed by atoms with Gasteiger partial charge in [0.2, 0.25) is 5.91 Å². The van der Waals surface area contributed by atoms with Crippen molar-refractivity contribution in [2.45, 2.75) is 57.2 Å². The zero-order chi connectivity index (χ0) is 24.8. The lowest BCUT2D eigenvalue weighted by Crippen LogP contribution is -2.52. The van der Waals surface area contributed by atoms with Crippen LogP contribution in [0, 0.1) is 5.92 Å². The number of hydrogen-bond donors (Lipinski definition) is 1. The largest absolute Gasteiger partial charge is 0.497 e. The molecule has 0 saturated carbocycles. The first kappa shape index (κ1) is 25.4. The number of nitrogens with zero attached hydrogens (tertiary/aromatic N) is 3. The van der Waals surface area contributed by atoms with E-state index in [1.807, 2.05) is 17.0 Å². The monoisotopic (exact) mass is 486 g/mol. The van der Waals surface area contributed by atoms with E-state index < -0.39 is 12.1 Å². The molecule has 0 unspecified atom stereocenters. The van der Waals surface area contributed by atoms with Gasteiger partial charge in [-0.1, -0.05) is 18.6 Å². The molecule has 0 spiro atoms. The zero-order valence-electron chi connectivity index (χ0n) is 20.9. The van der Waals surface area contributed by atoms with Crippen molar-refractivity contribution in [2.75, 3.05) is 47.0 Å². The summed E-state index contributed by atoms with van der Waals surface area (Å²) in [5.74, 6) is 0.673. The van der Waals surface area contributed by atoms with Crippen LogP contribution in [0.3, 0.4) is 0 Å². The summed E-state index contributed by atoms with van der Waals surface area (Å²) in [5, 5.41) is 2.71. The Morgan fingerprint density at radius 1 is 1.09 bits per heavy atom. The topological polar surface area (TPSA) is 91.4 Å². The Kier molecular flexibility index (Phi) is 8.62. The summed E-state index contributed by atoms with van der Waals surface area (Å²) in [4.78, 5) is 44.5. The predicted molar refractivity (Wildman–Crippen MR) is 131 cm³/mol. The van der Waals surface area contributed by atoms with Crippen molar-refractivity contribution in [2.24, 2.45) is 5.92 Å². The second-order valence-corrected chi connectivity index (χ2v) is 9.81. The molecule has 0 radical (unpaired) electrons. The second-order valence-electron chi connectivity index (χ2n) is 9.81. The Morgan fingerprint density at radius 2 is 1.86 bits per heavy atom. The molecule has 1 N–H and O–H groups in total. The zero-order valence-corrected chi connectivity index (χ0v) is 20.9. The summed E-state index contributed by atoms with van der Waals surface area (Å²) >= 11 is 0. The Balaban J connectivity index is 1.37. The number of amides is 4. The van der Waals surface area contributed by atoms with Crippen molar-refractivity contribution in [3.8, 4) is 5.75 Å². The normalized spacial score (nSPS) is 24.7. The maximum atomic E-state index is 13.3. The molecule has 9 nitrogen and oxygen atoms in total. The van der Waals surface area contributed by atoms with Gasteiger partial charge < -0.3 is 24.6 Å². The van der Waals surface area contributed by atoms with Crippen LogP contribution >= 0.6 is 0 Å². The molecule has 3 heterocycles. The van der Waals surface area contributed by atoms with Gasteiger partial charge in [-0.25, -0.2) is 4.79 Å². The number of piperidine rings is 2. The number of hydrogen-bond acceptors (Lipinski definition) is 6. The summed E-state index contributed by atoms with van der Waals surface area (Å²) < 4.78 is 10.4. The maximum absolute atomic E-state index is 13.3. The first-order chi connectivity index (χ1) is 17.0. The highest BCUT2D eigenvalue weighted by atomic mass is 16.5. The van der Waals surface area contributed by atoms with Gasteiger partial charge in [-0.2, -0.15) is 0 Å². The van der Waals surface area contributed by atoms with Crippen LogP contribution in [0.25, 0.3) is 0 Å². The highest BCUT2D eigenvalue weighted by molar-refractivity contribution is 6.05. The molecule has 192 valence electrons. The molecule has 4 amide bonds. The van der Waals surface area contributed by atoms with Crippen molar-refractivity contribution in [1.82, 2.24) is 20.0 Å². The molecule has 3 atom stereocenters. The van der Waals surface area contributed by atoms with Crippen LogP contribution in [-0.2, 0) is 20.9 Å². The van der Waals surface area contributed by atoms with Crippen LogP contribution < -0.4 is 10.1 Å². The number of imide groups is 1. The van der Waals surface area contributed by atoms with E-state index in [0.717, 1.165) is 31.5 Å². The van der Waals surface area contributed by atoms with Crippen molar-refractivity contribution in [3.05, 3.63) is 29.8 Å². The molecule has 35 heavy (non-hydrogen) atoms. The Morgan fingerprint density at radius 3 is 2.60 bits per heavy atom. The molecule has 9 heteroatoms. The Hall–Kier alpha value is -2.65. The third kappa shape index (κ3) is 6.13. The van der Waals surface area contributed by atoms with Crippen LogP contribution in [0.5, 0.6) is 5.75 Å². The van der Waals surface area contributed by atoms with Gasteiger partial charge in [-0.3, -0.25) is 14.5 Å². The molecule has 3 aliphatic rings. The number of ether oxygens (including phenoxy) is 2. The third-order valence-electron chi connectivity index (χ3n) is 7.59. The van der Waals surface area contributed by atoms with E-state index in [1.54, 1.807) is 26.4 Å². The van der Waals surface area contributed by atoms with Gasteiger partial charge in [0, 0.05) is 26.2 Å². The van der Waals surface area contributed by atoms with Gasteiger partial charge in [0.25, 0.3) is 5.91 Å². The fraction of sp³-hybridized carbons (Fsp3) is 0.654. The molecule has 3 aliphatic heterocycles. The van der Waals surface area contributed by atoms with Crippen LogP contribution in [-0.4, -0.2) is 91.6 Å². The maximum Gasteiger partial charge on any atom is 0.325 e. The van der Waals surface area contributed by atoms with Gasteiger partial charge in [-0.05, 0) is 62.4 Å². The van der Waals surface area contributed by atoms with E-state index in [9.17, 15) is 14.4 Å². The minimum atomic E-state index is -0.837. The quantitative estimate of drug-likeness (QED) is 0.510. The molecule has 3 saturated heterocycles. The molecule has 1 aromatic carbocycles. The average Bonchev–Trinajstić information content (AvgIpc) is 3.14. The van der Waals surface area contributed by atoms with Crippen LogP contribution in [0.2, 0.25) is 0 Å². The fourth-order valence-electron chi connectivity index (χ4n) is 5.67. The SMILES string of the molecule is COCCN(C[C@@H]1CCCN2CCCC[C@@H]12)C(=O)C[C@@H]1NC(=O)N(Cc2ccc(OC)cc2)C1=O. The van der Waals surface area contributed by atoms with Gasteiger partial charge in [0.05, 0.1) is 26.7 Å². The number of carbonyl (C=O) groups is 3. The van der Waals surface area contributed by atoms with Gasteiger partial charge >= 0.3 is 6.03 Å². The van der Waals surface area contributed by atoms with Gasteiger partial charge in [-0.15, -0.1) is 0 Å². The number of nitrogens with one attached hydrogen (secondary N) is 1. The summed E-state index contributed by atoms with van der Waals surface area (Å²) in [6.07, 6.45) is 5.93. The summed E-state index contributed by atoms with van der Waals surface area (Å²) in [5.41, 5.74) is 0.817. The number of carbonyl (C=O) groups excluding carboxylic acids is 3. The lowest BCUT2D eigenvalue weighted by molar-refractivity contribution is -0.137. The number of methoxy groups -OCH3 is 2. The predicted octanol–water partition coefficient (Wildman–Crippen LogP) is 2.25. The molecule has 3 fully saturated rings. The van der Waals surface area contributed by atoms with E-state index in [-0.39, 0.29) is 24.8 Å². The highest BCUT2D eigenvalue weighted by Crippen LogP contribution is 2.31. The van der Waals surface area contributed by atoms with E-state index in [1.165, 1.54) is 24.2 Å². The lowest BCUT2D eigenvalue weighted by Gasteiger charge is -2.45. The minimum Gasteiger partial charge on any atom is -0.497 e. The highest BCUT2D eigenvalue weighted by Gasteiger charge is 2.40. The minimum absolute atomic E-state index is 0.0332. The molecule has 0 bridgehead atoms. The smallest absolute Gasteiger partial charge is 0.325 e. The third-order valence-corrected chi connectivity index (χ3v) is 7.59. The van der Waals surface area contributed by atoms with Crippen LogP contribution in [0.4, 0.5) is 4.79 Å². The molecule has 0 aromatic heterocycles. The van der Waals surface area contributed by atoms with Crippen LogP contribution in [0.15, 0.2) is 24.3 Å². The van der Waals surface area contributed by atoms with E-state index >= 15 is 0 Å². The molecule has 4 rings (SSSR count). The molecule has 1 aromatic rings. The first-order valence-corrected chi connectivity index (χ1v) is 12.8. The van der Waals surface area contributed by atoms with Gasteiger partial charge in [0.15, 0.2) is 0 Å². The second kappa shape index (κ2) is 11.9. The Bertz CT molecular complexity index is 890. The lowest BCUT2D eigenvalue weighted by atomic mass is 9.83. The van der Waals surface area contributed by atoms with E-state index in [2.05, 4.69) is 10.2 Å². The average molecular weight is 487 g/mol. The van der Waals surface area contributed by atoms with E-state index in [4.69, 9.17) is 9.47 Å². The standard InChI is InChI=1S/C26H38N4O5/c1-34-15-14-29(18-20-6-5-13-28-12-4-3-7-23(20)28)24(31)16-22-25(32)30(26(33)27-22)17-19-8-10-21(35-2)11-9-19/h8-11,20,22-23H,3-7,12-18H2,1-2H3,(H,27,33)/t20-,22-,23-/m0/s1. The fourth-order valence-corrected chi connectivity index (χ4v) is 5.67. The van der Waals surface area contributed by atoms with Gasteiger partial charge in [0.1, 0.15) is 11.8 Å². The van der Waals surface area contributed by atoms with Crippen molar-refractivity contribution in [1.29, 1.82) is 0 Å². The van der Waals surface area contributed by atoms with E-state index in [0.29, 0.717) is 37.4 Å². The van der Waals surface area contributed by atoms with Crippen molar-refractivity contribution in [3.63, 3.8) is 0 Å². The number of fused-ring (bicyclic) bond motifs is 1. The summed E-state index contributed by atoms with van der Waals surface area (Å²) in [6, 6.07) is 6.46. The molecule has 0 aliphatic carbocycles. The summed E-state index contributed by atoms with van der Waals surface area (Å²) in [7, 11) is 3.22. The first-order valence-electron chi connectivity index (χ1n) is 12.8. The molecular weight excluding hydrogens is 448 g/mol. The number of rotatable bonds is 10. The number of urea groups is 1. The molecular formula is C26H38N4O5.